The molecule has 26 heavy (non-hydrogen) atoms. The van der Waals surface area contributed by atoms with Gasteiger partial charge in [-0.05, 0) is 25.0 Å². The molecule has 3 rings (SSSR count). The summed E-state index contributed by atoms with van der Waals surface area (Å²) in [4.78, 5) is 30.7. The molecule has 2 aromatic rings. The molecule has 0 aliphatic carbocycles. The Bertz CT molecular complexity index is 744. The molecule has 0 spiro atoms. The molecule has 1 saturated heterocycles. The first-order chi connectivity index (χ1) is 12.7. The highest BCUT2D eigenvalue weighted by atomic mass is 16.5. The maximum absolute atomic E-state index is 12.5. The second kappa shape index (κ2) is 8.60. The van der Waals surface area contributed by atoms with Gasteiger partial charge in [-0.2, -0.15) is 0 Å². The minimum atomic E-state index is -0.190. The van der Waals surface area contributed by atoms with Crippen LogP contribution in [0.25, 0.3) is 0 Å². The molecule has 1 atom stereocenters. The monoisotopic (exact) mass is 356 g/mol. The lowest BCUT2D eigenvalue weighted by molar-refractivity contribution is -0.138. The van der Waals surface area contributed by atoms with Crippen LogP contribution in [0.1, 0.15) is 36.9 Å². The molecule has 0 radical (unpaired) electrons. The summed E-state index contributed by atoms with van der Waals surface area (Å²) in [6.07, 6.45) is 4.23. The molecule has 1 fully saturated rings. The zero-order valence-electron chi connectivity index (χ0n) is 15.0. The lowest BCUT2D eigenvalue weighted by atomic mass is 9.96. The van der Waals surface area contributed by atoms with Crippen molar-refractivity contribution < 1.29 is 14.1 Å². The molecule has 1 N–H and O–H groups in total. The largest absolute Gasteiger partial charge is 0.359 e. The number of amides is 2. The van der Waals surface area contributed by atoms with Gasteiger partial charge in [0, 0.05) is 43.9 Å². The summed E-state index contributed by atoms with van der Waals surface area (Å²) in [5.74, 6) is 0.515. The van der Waals surface area contributed by atoms with Gasteiger partial charge in [0.05, 0.1) is 18.2 Å². The summed E-state index contributed by atoms with van der Waals surface area (Å²) < 4.78 is 5.18. The van der Waals surface area contributed by atoms with Crippen molar-refractivity contribution in [2.24, 2.45) is 5.92 Å². The van der Waals surface area contributed by atoms with Gasteiger partial charge in [0.2, 0.25) is 11.8 Å². The lowest BCUT2D eigenvalue weighted by Crippen LogP contribution is -2.46. The summed E-state index contributed by atoms with van der Waals surface area (Å²) in [5.41, 5.74) is 1.82. The molecular weight excluding hydrogens is 332 g/mol. The Labute approximate surface area is 152 Å². The first-order valence-electron chi connectivity index (χ1n) is 9.05. The summed E-state index contributed by atoms with van der Waals surface area (Å²) in [7, 11) is 0. The second-order valence-electron chi connectivity index (χ2n) is 6.50. The van der Waals surface area contributed by atoms with Crippen LogP contribution in [0.4, 0.5) is 0 Å². The fourth-order valence-corrected chi connectivity index (χ4v) is 3.06. The average Bonchev–Trinajstić information content (AvgIpc) is 3.14. The van der Waals surface area contributed by atoms with E-state index in [1.54, 1.807) is 11.1 Å². The first-order valence-corrected chi connectivity index (χ1v) is 9.05. The Hall–Kier alpha value is -2.70. The van der Waals surface area contributed by atoms with Crippen LogP contribution in [-0.2, 0) is 29.0 Å². The van der Waals surface area contributed by atoms with Crippen LogP contribution in [0.3, 0.4) is 0 Å². The van der Waals surface area contributed by atoms with Gasteiger partial charge < -0.3 is 14.7 Å². The number of hydrogen-bond acceptors (Lipinski definition) is 5. The van der Waals surface area contributed by atoms with E-state index in [9.17, 15) is 9.59 Å². The van der Waals surface area contributed by atoms with E-state index >= 15 is 0 Å². The van der Waals surface area contributed by atoms with E-state index in [0.717, 1.165) is 17.8 Å². The molecule has 7 nitrogen and oxygen atoms in total. The Morgan fingerprint density at radius 1 is 1.38 bits per heavy atom. The number of aromatic nitrogens is 2. The molecule has 2 aromatic heterocycles. The minimum Gasteiger partial charge on any atom is -0.359 e. The fraction of sp³-hybridized carbons (Fsp3) is 0.474. The summed E-state index contributed by atoms with van der Waals surface area (Å²) >= 11 is 0. The number of aryl methyl sites for hydroxylation is 1. The summed E-state index contributed by atoms with van der Waals surface area (Å²) in [6.45, 7) is 3.36. The molecule has 7 heteroatoms. The van der Waals surface area contributed by atoms with E-state index in [1.165, 1.54) is 0 Å². The first kappa shape index (κ1) is 18.1. The van der Waals surface area contributed by atoms with Crippen molar-refractivity contribution >= 4 is 11.8 Å². The molecule has 1 aliphatic rings. The zero-order chi connectivity index (χ0) is 18.4. The predicted octanol–water partition coefficient (Wildman–Crippen LogP) is 1.73. The average molecular weight is 356 g/mol. The molecule has 3 heterocycles. The fourth-order valence-electron chi connectivity index (χ4n) is 3.06. The molecule has 0 saturated carbocycles. The van der Waals surface area contributed by atoms with Gasteiger partial charge in [-0.1, -0.05) is 18.1 Å². The van der Waals surface area contributed by atoms with Crippen LogP contribution in [-0.4, -0.2) is 39.9 Å². The number of nitrogens with one attached hydrogen (secondary N) is 1. The van der Waals surface area contributed by atoms with Crippen molar-refractivity contribution in [2.45, 2.75) is 39.2 Å². The number of hydrogen-bond donors (Lipinski definition) is 1. The smallest absolute Gasteiger partial charge is 0.225 e. The third-order valence-electron chi connectivity index (χ3n) is 4.64. The van der Waals surface area contributed by atoms with Gasteiger partial charge in [-0.25, -0.2) is 0 Å². The van der Waals surface area contributed by atoms with E-state index in [2.05, 4.69) is 15.5 Å². The molecule has 0 aromatic carbocycles. The number of carbonyl (C=O) groups excluding carboxylic acids is 2. The van der Waals surface area contributed by atoms with Gasteiger partial charge in [-0.3, -0.25) is 14.6 Å². The van der Waals surface area contributed by atoms with Crippen LogP contribution in [0.15, 0.2) is 35.0 Å². The SMILES string of the molecule is CCc1cc(CNC(=O)C2CCC(=O)N(CCc3ccccn3)C2)on1. The van der Waals surface area contributed by atoms with Crippen molar-refractivity contribution in [2.75, 3.05) is 13.1 Å². The van der Waals surface area contributed by atoms with Crippen molar-refractivity contribution in [3.8, 4) is 0 Å². The van der Waals surface area contributed by atoms with Crippen LogP contribution in [0.5, 0.6) is 0 Å². The minimum absolute atomic E-state index is 0.0465. The predicted molar refractivity (Wildman–Crippen MR) is 95.0 cm³/mol. The molecule has 1 unspecified atom stereocenters. The van der Waals surface area contributed by atoms with Crippen molar-refractivity contribution in [3.63, 3.8) is 0 Å². The standard InChI is InChI=1S/C19H24N4O3/c1-2-15-11-17(26-22-15)12-21-19(25)14-6-7-18(24)23(13-14)10-8-16-5-3-4-9-20-16/h3-5,9,11,14H,2,6-8,10,12-13H2,1H3,(H,21,25). The third kappa shape index (κ3) is 4.68. The molecule has 1 aliphatic heterocycles. The third-order valence-corrected chi connectivity index (χ3v) is 4.64. The summed E-state index contributed by atoms with van der Waals surface area (Å²) in [5, 5.41) is 6.81. The van der Waals surface area contributed by atoms with E-state index in [0.29, 0.717) is 44.7 Å². The number of nitrogens with zero attached hydrogens (tertiary/aromatic N) is 3. The highest BCUT2D eigenvalue weighted by molar-refractivity contribution is 5.83. The van der Waals surface area contributed by atoms with Gasteiger partial charge in [-0.15, -0.1) is 0 Å². The molecule has 0 bridgehead atoms. The van der Waals surface area contributed by atoms with Crippen LogP contribution in [0, 0.1) is 5.92 Å². The molecule has 2 amide bonds. The van der Waals surface area contributed by atoms with Gasteiger partial charge in [0.15, 0.2) is 5.76 Å². The highest BCUT2D eigenvalue weighted by Gasteiger charge is 2.30. The number of rotatable bonds is 7. The van der Waals surface area contributed by atoms with E-state index < -0.39 is 0 Å². The Morgan fingerprint density at radius 3 is 3.00 bits per heavy atom. The number of piperidine rings is 1. The maximum atomic E-state index is 12.5. The number of carbonyl (C=O) groups is 2. The quantitative estimate of drug-likeness (QED) is 0.816. The maximum Gasteiger partial charge on any atom is 0.225 e. The number of likely N-dealkylation sites (tertiary alicyclic amines) is 1. The van der Waals surface area contributed by atoms with E-state index in [1.807, 2.05) is 31.2 Å². The normalized spacial score (nSPS) is 17.3. The van der Waals surface area contributed by atoms with Crippen molar-refractivity contribution in [1.82, 2.24) is 20.4 Å². The molecular formula is C19H24N4O3. The van der Waals surface area contributed by atoms with Crippen molar-refractivity contribution in [1.29, 1.82) is 0 Å². The Balaban J connectivity index is 1.49. The lowest BCUT2D eigenvalue weighted by Gasteiger charge is -2.31. The highest BCUT2D eigenvalue weighted by Crippen LogP contribution is 2.18. The van der Waals surface area contributed by atoms with E-state index in [4.69, 9.17) is 4.52 Å². The van der Waals surface area contributed by atoms with E-state index in [-0.39, 0.29) is 17.7 Å². The summed E-state index contributed by atoms with van der Waals surface area (Å²) in [6, 6.07) is 7.60. The Kier molecular flexibility index (Phi) is 5.99. The topological polar surface area (TPSA) is 88.3 Å². The van der Waals surface area contributed by atoms with Crippen LogP contribution in [0.2, 0.25) is 0 Å². The van der Waals surface area contributed by atoms with Gasteiger partial charge >= 0.3 is 0 Å². The number of pyridine rings is 1. The van der Waals surface area contributed by atoms with Crippen LogP contribution < -0.4 is 5.32 Å². The zero-order valence-corrected chi connectivity index (χ0v) is 15.0. The Morgan fingerprint density at radius 2 is 2.27 bits per heavy atom. The second-order valence-corrected chi connectivity index (χ2v) is 6.50. The van der Waals surface area contributed by atoms with Crippen molar-refractivity contribution in [3.05, 3.63) is 47.6 Å². The van der Waals surface area contributed by atoms with Gasteiger partial charge in [0.25, 0.3) is 0 Å². The van der Waals surface area contributed by atoms with Gasteiger partial charge in [0.1, 0.15) is 0 Å². The van der Waals surface area contributed by atoms with Crippen LogP contribution >= 0.6 is 0 Å². The molecule has 138 valence electrons.